The minimum atomic E-state index is -0.621. The van der Waals surface area contributed by atoms with Crippen molar-refractivity contribution in [1.29, 1.82) is 0 Å². The number of rotatable bonds is 3. The molecule has 1 rings (SSSR count). The summed E-state index contributed by atoms with van der Waals surface area (Å²) in [6, 6.07) is 2.81. The largest absolute Gasteiger partial charge is 0.395 e. The zero-order valence-corrected chi connectivity index (χ0v) is 7.00. The first-order chi connectivity index (χ1) is 6.13. The van der Waals surface area contributed by atoms with Crippen molar-refractivity contribution in [2.24, 2.45) is 5.73 Å². The van der Waals surface area contributed by atoms with Gasteiger partial charge in [-0.1, -0.05) is 6.07 Å². The molecule has 0 aliphatic carbocycles. The molecule has 2 nitrogen and oxygen atoms in total. The molecule has 0 heterocycles. The number of aliphatic hydroxyl groups is 1. The lowest BCUT2D eigenvalue weighted by molar-refractivity contribution is 0.264. The molecule has 0 spiro atoms. The van der Waals surface area contributed by atoms with Crippen molar-refractivity contribution in [3.05, 3.63) is 35.4 Å². The van der Waals surface area contributed by atoms with Crippen molar-refractivity contribution >= 4 is 0 Å². The van der Waals surface area contributed by atoms with Crippen LogP contribution in [-0.4, -0.2) is 17.8 Å². The summed E-state index contributed by atoms with van der Waals surface area (Å²) in [4.78, 5) is 0. The number of halogens is 2. The molecular weight excluding hydrogens is 176 g/mol. The highest BCUT2D eigenvalue weighted by molar-refractivity contribution is 5.19. The highest BCUT2D eigenvalue weighted by Crippen LogP contribution is 2.10. The maximum absolute atomic E-state index is 13.0. The van der Waals surface area contributed by atoms with Gasteiger partial charge in [0.2, 0.25) is 0 Å². The van der Waals surface area contributed by atoms with E-state index in [1.54, 1.807) is 0 Å². The fourth-order valence-corrected chi connectivity index (χ4v) is 1.03. The van der Waals surface area contributed by atoms with Gasteiger partial charge in [-0.05, 0) is 18.1 Å². The summed E-state index contributed by atoms with van der Waals surface area (Å²) in [5, 5.41) is 8.62. The lowest BCUT2D eigenvalue weighted by Crippen LogP contribution is -2.27. The second-order valence-electron chi connectivity index (χ2n) is 2.88. The summed E-state index contributed by atoms with van der Waals surface area (Å²) in [6.07, 6.45) is 0.211. The van der Waals surface area contributed by atoms with Gasteiger partial charge in [-0.3, -0.25) is 0 Å². The molecule has 0 saturated heterocycles. The molecule has 0 aliphatic heterocycles. The minimum absolute atomic E-state index is 0.211. The second-order valence-corrected chi connectivity index (χ2v) is 2.88. The first-order valence-electron chi connectivity index (χ1n) is 3.94. The minimum Gasteiger partial charge on any atom is -0.395 e. The monoisotopic (exact) mass is 187 g/mol. The normalized spacial score (nSPS) is 12.9. The van der Waals surface area contributed by atoms with Gasteiger partial charge < -0.3 is 10.8 Å². The maximum atomic E-state index is 13.0. The Morgan fingerprint density at radius 2 is 2.08 bits per heavy atom. The number of hydrogen-bond donors (Lipinski definition) is 2. The molecular formula is C9H11F2NO. The van der Waals surface area contributed by atoms with Crippen molar-refractivity contribution in [3.63, 3.8) is 0 Å². The van der Waals surface area contributed by atoms with E-state index in [-0.39, 0.29) is 13.0 Å². The van der Waals surface area contributed by atoms with E-state index in [9.17, 15) is 8.78 Å². The Bertz CT molecular complexity index is 291. The number of aliphatic hydroxyl groups excluding tert-OH is 1. The SMILES string of the molecule is NC(CO)Cc1ccc(F)cc1F. The summed E-state index contributed by atoms with van der Waals surface area (Å²) >= 11 is 0. The quantitative estimate of drug-likeness (QED) is 0.736. The van der Waals surface area contributed by atoms with E-state index < -0.39 is 17.7 Å². The van der Waals surface area contributed by atoms with Crippen molar-refractivity contribution in [1.82, 2.24) is 0 Å². The van der Waals surface area contributed by atoms with Crippen LogP contribution in [0.5, 0.6) is 0 Å². The molecule has 0 amide bonds. The Balaban J connectivity index is 2.77. The third kappa shape index (κ3) is 2.75. The molecule has 0 saturated carbocycles. The van der Waals surface area contributed by atoms with E-state index >= 15 is 0 Å². The maximum Gasteiger partial charge on any atom is 0.129 e. The van der Waals surface area contributed by atoms with Crippen molar-refractivity contribution in [2.45, 2.75) is 12.5 Å². The van der Waals surface area contributed by atoms with Crippen LogP contribution < -0.4 is 5.73 Å². The fourth-order valence-electron chi connectivity index (χ4n) is 1.03. The van der Waals surface area contributed by atoms with Crippen LogP contribution in [0.15, 0.2) is 18.2 Å². The average molecular weight is 187 g/mol. The first-order valence-corrected chi connectivity index (χ1v) is 3.94. The van der Waals surface area contributed by atoms with Gasteiger partial charge in [0.15, 0.2) is 0 Å². The van der Waals surface area contributed by atoms with E-state index in [1.807, 2.05) is 0 Å². The Kier molecular flexibility index (Phi) is 3.33. The topological polar surface area (TPSA) is 46.2 Å². The van der Waals surface area contributed by atoms with Gasteiger partial charge in [0, 0.05) is 12.1 Å². The van der Waals surface area contributed by atoms with Gasteiger partial charge in [-0.25, -0.2) is 8.78 Å². The number of benzene rings is 1. The van der Waals surface area contributed by atoms with Gasteiger partial charge in [-0.2, -0.15) is 0 Å². The molecule has 1 aromatic rings. The summed E-state index contributed by atoms with van der Waals surface area (Å²) in [5.41, 5.74) is 5.72. The molecule has 0 fully saturated rings. The Morgan fingerprint density at radius 3 is 2.62 bits per heavy atom. The molecule has 0 aromatic heterocycles. The van der Waals surface area contributed by atoms with Crippen LogP contribution in [-0.2, 0) is 6.42 Å². The summed E-state index contributed by atoms with van der Waals surface area (Å²) in [6.45, 7) is -0.211. The van der Waals surface area contributed by atoms with Crippen LogP contribution >= 0.6 is 0 Å². The van der Waals surface area contributed by atoms with E-state index in [1.165, 1.54) is 12.1 Å². The van der Waals surface area contributed by atoms with Crippen LogP contribution in [0.25, 0.3) is 0 Å². The Morgan fingerprint density at radius 1 is 1.38 bits per heavy atom. The van der Waals surface area contributed by atoms with E-state index in [2.05, 4.69) is 0 Å². The zero-order chi connectivity index (χ0) is 9.84. The van der Waals surface area contributed by atoms with Crippen LogP contribution in [0.2, 0.25) is 0 Å². The molecule has 0 aliphatic rings. The number of hydrogen-bond acceptors (Lipinski definition) is 2. The standard InChI is InChI=1S/C9H11F2NO/c10-7-2-1-6(9(11)4-7)3-8(12)5-13/h1-2,4,8,13H,3,5,12H2. The van der Waals surface area contributed by atoms with Gasteiger partial charge in [-0.15, -0.1) is 0 Å². The van der Waals surface area contributed by atoms with Crippen molar-refractivity contribution in [3.8, 4) is 0 Å². The van der Waals surface area contributed by atoms with Crippen molar-refractivity contribution in [2.75, 3.05) is 6.61 Å². The average Bonchev–Trinajstić information content (AvgIpc) is 2.09. The molecule has 72 valence electrons. The lowest BCUT2D eigenvalue weighted by Gasteiger charge is -2.08. The molecule has 1 aromatic carbocycles. The van der Waals surface area contributed by atoms with E-state index in [4.69, 9.17) is 10.8 Å². The van der Waals surface area contributed by atoms with Crippen LogP contribution in [0.1, 0.15) is 5.56 Å². The van der Waals surface area contributed by atoms with Gasteiger partial charge in [0.25, 0.3) is 0 Å². The molecule has 0 radical (unpaired) electrons. The predicted molar refractivity (Wildman–Crippen MR) is 45.1 cm³/mol. The second kappa shape index (κ2) is 4.30. The highest BCUT2D eigenvalue weighted by Gasteiger charge is 2.07. The lowest BCUT2D eigenvalue weighted by atomic mass is 10.1. The summed E-state index contributed by atoms with van der Waals surface area (Å²) < 4.78 is 25.4. The number of nitrogens with two attached hydrogens (primary N) is 1. The molecule has 1 atom stereocenters. The Labute approximate surface area is 75.0 Å². The van der Waals surface area contributed by atoms with E-state index in [0.717, 1.165) is 6.07 Å². The summed E-state index contributed by atoms with van der Waals surface area (Å²) in [7, 11) is 0. The van der Waals surface area contributed by atoms with Gasteiger partial charge in [0.1, 0.15) is 11.6 Å². The summed E-state index contributed by atoms with van der Waals surface area (Å²) in [5.74, 6) is -1.23. The van der Waals surface area contributed by atoms with Crippen LogP contribution in [0.3, 0.4) is 0 Å². The van der Waals surface area contributed by atoms with Crippen molar-refractivity contribution < 1.29 is 13.9 Å². The van der Waals surface area contributed by atoms with E-state index in [0.29, 0.717) is 5.56 Å². The zero-order valence-electron chi connectivity index (χ0n) is 7.00. The fraction of sp³-hybridized carbons (Fsp3) is 0.333. The molecule has 0 bridgehead atoms. The highest BCUT2D eigenvalue weighted by atomic mass is 19.1. The first kappa shape index (κ1) is 10.1. The third-order valence-corrected chi connectivity index (χ3v) is 1.73. The van der Waals surface area contributed by atoms with Crippen LogP contribution in [0, 0.1) is 11.6 Å². The molecule has 4 heteroatoms. The third-order valence-electron chi connectivity index (χ3n) is 1.73. The molecule has 13 heavy (non-hydrogen) atoms. The van der Waals surface area contributed by atoms with Crippen LogP contribution in [0.4, 0.5) is 8.78 Å². The molecule has 3 N–H and O–H groups in total. The molecule has 1 unspecified atom stereocenters. The van der Waals surface area contributed by atoms with Gasteiger partial charge >= 0.3 is 0 Å². The Hall–Kier alpha value is -1.00. The predicted octanol–water partition coefficient (Wildman–Crippen LogP) is 0.827. The van der Waals surface area contributed by atoms with Gasteiger partial charge in [0.05, 0.1) is 6.61 Å². The smallest absolute Gasteiger partial charge is 0.129 e.